The minimum absolute atomic E-state index is 0.260. The number of para-hydroxylation sites is 1. The molecule has 1 saturated heterocycles. The van der Waals surface area contributed by atoms with Crippen LogP contribution in [0.5, 0.6) is 0 Å². The van der Waals surface area contributed by atoms with Gasteiger partial charge in [0.1, 0.15) is 11.5 Å². The molecule has 0 atom stereocenters. The number of benzene rings is 2. The average molecular weight is 450 g/mol. The van der Waals surface area contributed by atoms with E-state index in [0.29, 0.717) is 47.9 Å². The summed E-state index contributed by atoms with van der Waals surface area (Å²) < 4.78 is 5.81. The summed E-state index contributed by atoms with van der Waals surface area (Å²) in [5, 5.41) is 4.66. The minimum Gasteiger partial charge on any atom is -0.457 e. The summed E-state index contributed by atoms with van der Waals surface area (Å²) in [7, 11) is 0. The molecule has 1 N–H and O–H groups in total. The molecule has 0 radical (unpaired) electrons. The van der Waals surface area contributed by atoms with Crippen molar-refractivity contribution in [3.63, 3.8) is 0 Å². The van der Waals surface area contributed by atoms with E-state index in [2.05, 4.69) is 10.3 Å². The maximum Gasteiger partial charge on any atom is 0.264 e. The molecule has 1 aliphatic rings. The molecule has 3 aromatic rings. The molecule has 0 aliphatic carbocycles. The predicted molar refractivity (Wildman–Crippen MR) is 116 cm³/mol. The van der Waals surface area contributed by atoms with Crippen LogP contribution in [0.4, 0.5) is 5.69 Å². The molecule has 140 valence electrons. The van der Waals surface area contributed by atoms with Gasteiger partial charge in [0, 0.05) is 6.08 Å². The van der Waals surface area contributed by atoms with Crippen LogP contribution in [0.1, 0.15) is 5.76 Å². The number of carbonyl (C=O) groups excluding carboxylic acids is 1. The first-order chi connectivity index (χ1) is 13.5. The minimum atomic E-state index is -0.260. The van der Waals surface area contributed by atoms with Gasteiger partial charge in [-0.05, 0) is 48.2 Å². The van der Waals surface area contributed by atoms with Gasteiger partial charge in [-0.15, -0.1) is 0 Å². The Kier molecular flexibility index (Phi) is 5.51. The zero-order valence-corrected chi connectivity index (χ0v) is 17.2. The van der Waals surface area contributed by atoms with Gasteiger partial charge in [0.05, 0.1) is 31.2 Å². The lowest BCUT2D eigenvalue weighted by Crippen LogP contribution is -2.19. The molecule has 1 fully saturated rings. The van der Waals surface area contributed by atoms with Crippen molar-refractivity contribution in [3.05, 3.63) is 80.3 Å². The van der Waals surface area contributed by atoms with Crippen LogP contribution in [0.15, 0.2) is 68.9 Å². The standard InChI is InChI=1S/C20H11Cl3N2O2S/c21-12-4-1-2-7-15(12)24-20-25-19(26)17(28-20)10-11-8-9-16(27-11)18-13(22)5-3-6-14(18)23/h1-10H,(H,24,25,26). The van der Waals surface area contributed by atoms with E-state index in [9.17, 15) is 4.79 Å². The lowest BCUT2D eigenvalue weighted by molar-refractivity contribution is -0.115. The molecule has 28 heavy (non-hydrogen) atoms. The second-order valence-corrected chi connectivity index (χ2v) is 7.98. The van der Waals surface area contributed by atoms with Crippen molar-refractivity contribution >= 4 is 69.4 Å². The van der Waals surface area contributed by atoms with E-state index in [1.54, 1.807) is 48.5 Å². The molecule has 0 spiro atoms. The highest BCUT2D eigenvalue weighted by atomic mass is 35.5. The van der Waals surface area contributed by atoms with E-state index in [1.165, 1.54) is 11.8 Å². The van der Waals surface area contributed by atoms with Crippen LogP contribution in [0.25, 0.3) is 17.4 Å². The van der Waals surface area contributed by atoms with Crippen LogP contribution in [0, 0.1) is 0 Å². The number of thioether (sulfide) groups is 1. The molecule has 2 heterocycles. The summed E-state index contributed by atoms with van der Waals surface area (Å²) in [6.45, 7) is 0. The largest absolute Gasteiger partial charge is 0.457 e. The molecule has 0 bridgehead atoms. The number of nitrogens with zero attached hydrogens (tertiary/aromatic N) is 1. The SMILES string of the molecule is O=C1NC(=Nc2ccccc2Cl)SC1=Cc1ccc(-c2c(Cl)cccc2Cl)o1. The van der Waals surface area contributed by atoms with Gasteiger partial charge in [-0.25, -0.2) is 4.99 Å². The number of hydrogen-bond donors (Lipinski definition) is 1. The van der Waals surface area contributed by atoms with Gasteiger partial charge in [0.2, 0.25) is 0 Å². The first-order valence-electron chi connectivity index (χ1n) is 8.09. The zero-order chi connectivity index (χ0) is 19.7. The summed E-state index contributed by atoms with van der Waals surface area (Å²) in [4.78, 5) is 17.1. The Balaban J connectivity index is 1.60. The van der Waals surface area contributed by atoms with Crippen LogP contribution in [0.3, 0.4) is 0 Å². The number of hydrogen-bond acceptors (Lipinski definition) is 4. The highest BCUT2D eigenvalue weighted by Crippen LogP contribution is 2.37. The van der Waals surface area contributed by atoms with E-state index >= 15 is 0 Å². The Labute approximate surface area is 180 Å². The third kappa shape index (κ3) is 3.98. The first kappa shape index (κ1) is 19.2. The third-order valence-electron chi connectivity index (χ3n) is 3.83. The smallest absolute Gasteiger partial charge is 0.264 e. The number of furan rings is 1. The number of amides is 1. The fraction of sp³-hybridized carbons (Fsp3) is 0. The van der Waals surface area contributed by atoms with Crippen molar-refractivity contribution in [2.75, 3.05) is 0 Å². The lowest BCUT2D eigenvalue weighted by atomic mass is 10.2. The maximum absolute atomic E-state index is 12.3. The third-order valence-corrected chi connectivity index (χ3v) is 5.69. The number of amidine groups is 1. The topological polar surface area (TPSA) is 54.6 Å². The van der Waals surface area contributed by atoms with Crippen molar-refractivity contribution < 1.29 is 9.21 Å². The van der Waals surface area contributed by atoms with Crippen molar-refractivity contribution in [1.82, 2.24) is 5.32 Å². The number of rotatable bonds is 3. The van der Waals surface area contributed by atoms with Gasteiger partial charge in [0.25, 0.3) is 5.91 Å². The molecule has 1 aromatic heterocycles. The van der Waals surface area contributed by atoms with E-state index < -0.39 is 0 Å². The maximum atomic E-state index is 12.3. The molecule has 4 nitrogen and oxygen atoms in total. The molecule has 1 amide bonds. The second kappa shape index (κ2) is 8.05. The van der Waals surface area contributed by atoms with Crippen LogP contribution < -0.4 is 5.32 Å². The van der Waals surface area contributed by atoms with Crippen LogP contribution >= 0.6 is 46.6 Å². The van der Waals surface area contributed by atoms with Crippen LogP contribution in [-0.4, -0.2) is 11.1 Å². The summed E-state index contributed by atoms with van der Waals surface area (Å²) in [5.41, 5.74) is 1.20. The monoisotopic (exact) mass is 448 g/mol. The van der Waals surface area contributed by atoms with E-state index in [-0.39, 0.29) is 5.91 Å². The summed E-state index contributed by atoms with van der Waals surface area (Å²) in [5.74, 6) is 0.767. The average Bonchev–Trinajstić information content (AvgIpc) is 3.24. The number of carbonyl (C=O) groups is 1. The summed E-state index contributed by atoms with van der Waals surface area (Å²) in [6, 6.07) is 15.9. The molecule has 4 rings (SSSR count). The number of aliphatic imine (C=N–C) groups is 1. The van der Waals surface area contributed by atoms with Gasteiger partial charge < -0.3 is 9.73 Å². The van der Waals surface area contributed by atoms with Crippen molar-refractivity contribution in [2.24, 2.45) is 4.99 Å². The normalized spacial score (nSPS) is 16.8. The quantitative estimate of drug-likeness (QED) is 0.447. The lowest BCUT2D eigenvalue weighted by Gasteiger charge is -2.02. The van der Waals surface area contributed by atoms with Crippen LogP contribution in [0.2, 0.25) is 15.1 Å². The predicted octanol–water partition coefficient (Wildman–Crippen LogP) is 6.80. The van der Waals surface area contributed by atoms with Gasteiger partial charge >= 0.3 is 0 Å². The van der Waals surface area contributed by atoms with Gasteiger partial charge in [-0.1, -0.05) is 53.0 Å². The molecule has 8 heteroatoms. The first-order valence-corrected chi connectivity index (χ1v) is 10.0. The summed E-state index contributed by atoms with van der Waals surface area (Å²) in [6.07, 6.45) is 1.64. The fourth-order valence-electron chi connectivity index (χ4n) is 2.56. The highest BCUT2D eigenvalue weighted by molar-refractivity contribution is 8.18. The molecule has 0 unspecified atom stereocenters. The molecular formula is C20H11Cl3N2O2S. The Hall–Kier alpha value is -2.18. The van der Waals surface area contributed by atoms with Gasteiger partial charge in [0.15, 0.2) is 5.17 Å². The molecular weight excluding hydrogens is 439 g/mol. The number of halogens is 3. The van der Waals surface area contributed by atoms with Crippen molar-refractivity contribution in [1.29, 1.82) is 0 Å². The molecule has 2 aromatic carbocycles. The van der Waals surface area contributed by atoms with E-state index in [4.69, 9.17) is 39.2 Å². The number of nitrogens with one attached hydrogen (secondary N) is 1. The summed E-state index contributed by atoms with van der Waals surface area (Å²) >= 11 is 19.8. The second-order valence-electron chi connectivity index (χ2n) is 5.73. The zero-order valence-electron chi connectivity index (χ0n) is 14.1. The van der Waals surface area contributed by atoms with Crippen LogP contribution in [-0.2, 0) is 4.79 Å². The van der Waals surface area contributed by atoms with Crippen molar-refractivity contribution in [2.45, 2.75) is 0 Å². The highest BCUT2D eigenvalue weighted by Gasteiger charge is 2.24. The molecule has 1 aliphatic heterocycles. The molecule has 0 saturated carbocycles. The Bertz CT molecular complexity index is 1120. The Morgan fingerprint density at radius 1 is 0.929 bits per heavy atom. The fourth-order valence-corrected chi connectivity index (χ4v) is 4.14. The van der Waals surface area contributed by atoms with Gasteiger partial charge in [-0.3, -0.25) is 4.79 Å². The van der Waals surface area contributed by atoms with E-state index in [1.807, 2.05) is 12.1 Å². The Morgan fingerprint density at radius 3 is 2.39 bits per heavy atom. The van der Waals surface area contributed by atoms with E-state index in [0.717, 1.165) is 0 Å². The van der Waals surface area contributed by atoms with Crippen molar-refractivity contribution in [3.8, 4) is 11.3 Å². The van der Waals surface area contributed by atoms with Gasteiger partial charge in [-0.2, -0.15) is 0 Å². The Morgan fingerprint density at radius 2 is 1.64 bits per heavy atom.